The molecule has 1 atom stereocenters. The van der Waals surface area contributed by atoms with Gasteiger partial charge in [0, 0.05) is 44.0 Å². The van der Waals surface area contributed by atoms with Crippen LogP contribution in [0.3, 0.4) is 0 Å². The molecule has 30 heavy (non-hydrogen) atoms. The molecule has 7 nitrogen and oxygen atoms in total. The summed E-state index contributed by atoms with van der Waals surface area (Å²) in [6, 6.07) is 0.568. The van der Waals surface area contributed by atoms with E-state index < -0.39 is 11.7 Å². The quantitative estimate of drug-likeness (QED) is 0.774. The number of carbonyl (C=O) groups excluding carboxylic acids is 1. The number of aromatic nitrogens is 2. The molecule has 1 fully saturated rings. The Morgan fingerprint density at radius 1 is 1.30 bits per heavy atom. The molecule has 1 aliphatic heterocycles. The van der Waals surface area contributed by atoms with Crippen molar-refractivity contribution < 1.29 is 22.5 Å². The van der Waals surface area contributed by atoms with Gasteiger partial charge in [-0.3, -0.25) is 0 Å². The molecule has 2 aromatic heterocycles. The second kappa shape index (κ2) is 8.71. The largest absolute Gasteiger partial charge is 0.417 e. The number of hydrogen-bond donors (Lipinski definition) is 1. The minimum atomic E-state index is -4.49. The third kappa shape index (κ3) is 4.97. The van der Waals surface area contributed by atoms with Crippen LogP contribution in [-0.4, -0.2) is 53.3 Å². The van der Waals surface area contributed by atoms with Crippen LogP contribution in [0.5, 0.6) is 0 Å². The Morgan fingerprint density at radius 3 is 2.50 bits per heavy atom. The fourth-order valence-electron chi connectivity index (χ4n) is 3.39. The molecular weight excluding hydrogens is 423 g/mol. The lowest BCUT2D eigenvalue weighted by Gasteiger charge is -2.36. The van der Waals surface area contributed by atoms with E-state index in [1.165, 1.54) is 0 Å². The monoisotopic (exact) mass is 445 g/mol. The standard InChI is InChI=1S/C19H23ClF3N5O2/c1-11(8-15-12(2)26-30-13(15)3)25-18(29)28-6-4-27(5-7-28)17-16(20)9-14(10-24-17)19(21,22)23/h9-11H,4-8H2,1-3H3,(H,25,29). The highest BCUT2D eigenvalue weighted by molar-refractivity contribution is 6.33. The van der Waals surface area contributed by atoms with E-state index in [1.807, 2.05) is 20.8 Å². The number of hydrogen-bond acceptors (Lipinski definition) is 5. The first-order chi connectivity index (χ1) is 14.1. The molecule has 0 radical (unpaired) electrons. The average Bonchev–Trinajstić information content (AvgIpc) is 2.99. The zero-order valence-corrected chi connectivity index (χ0v) is 17.6. The molecule has 1 saturated heterocycles. The first-order valence-corrected chi connectivity index (χ1v) is 9.89. The van der Waals surface area contributed by atoms with Gasteiger partial charge < -0.3 is 19.6 Å². The minimum absolute atomic E-state index is 0.0594. The van der Waals surface area contributed by atoms with Crippen LogP contribution in [0.15, 0.2) is 16.8 Å². The van der Waals surface area contributed by atoms with Crippen molar-refractivity contribution in [3.8, 4) is 0 Å². The molecule has 11 heteroatoms. The van der Waals surface area contributed by atoms with E-state index in [4.69, 9.17) is 16.1 Å². The SMILES string of the molecule is Cc1noc(C)c1CC(C)NC(=O)N1CCN(c2ncc(C(F)(F)F)cc2Cl)CC1. The predicted octanol–water partition coefficient (Wildman–Crippen LogP) is 3.82. The van der Waals surface area contributed by atoms with Crippen LogP contribution in [0.2, 0.25) is 5.02 Å². The number of urea groups is 1. The lowest BCUT2D eigenvalue weighted by molar-refractivity contribution is -0.137. The van der Waals surface area contributed by atoms with E-state index in [9.17, 15) is 18.0 Å². The van der Waals surface area contributed by atoms with E-state index in [0.29, 0.717) is 32.6 Å². The Labute approximate surface area is 177 Å². The molecule has 1 aliphatic rings. The molecule has 0 spiro atoms. The highest BCUT2D eigenvalue weighted by Gasteiger charge is 2.32. The van der Waals surface area contributed by atoms with Crippen molar-refractivity contribution in [3.05, 3.63) is 39.9 Å². The van der Waals surface area contributed by atoms with E-state index in [1.54, 1.807) is 9.80 Å². The third-order valence-corrected chi connectivity index (χ3v) is 5.36. The summed E-state index contributed by atoms with van der Waals surface area (Å²) in [5.41, 5.74) is 0.903. The topological polar surface area (TPSA) is 74.5 Å². The van der Waals surface area contributed by atoms with Gasteiger partial charge in [0.25, 0.3) is 0 Å². The third-order valence-electron chi connectivity index (χ3n) is 5.08. The summed E-state index contributed by atoms with van der Waals surface area (Å²) in [7, 11) is 0. The number of nitrogens with one attached hydrogen (secondary N) is 1. The molecule has 0 aliphatic carbocycles. The van der Waals surface area contributed by atoms with Crippen molar-refractivity contribution in [1.29, 1.82) is 0 Å². The summed E-state index contributed by atoms with van der Waals surface area (Å²) >= 11 is 6.02. The Balaban J connectivity index is 1.54. The highest BCUT2D eigenvalue weighted by Crippen LogP contribution is 2.33. The second-order valence-electron chi connectivity index (χ2n) is 7.36. The molecule has 1 unspecified atom stereocenters. The van der Waals surface area contributed by atoms with Gasteiger partial charge in [0.2, 0.25) is 0 Å². The van der Waals surface area contributed by atoms with Crippen molar-refractivity contribution in [2.45, 2.75) is 39.4 Å². The van der Waals surface area contributed by atoms with Gasteiger partial charge in [-0.1, -0.05) is 16.8 Å². The van der Waals surface area contributed by atoms with Crippen LogP contribution in [0.4, 0.5) is 23.8 Å². The Bertz CT molecular complexity index is 891. The number of halogens is 4. The molecule has 2 aromatic rings. The normalized spacial score (nSPS) is 16.0. The summed E-state index contributed by atoms with van der Waals surface area (Å²) in [6.07, 6.45) is -3.11. The predicted molar refractivity (Wildman–Crippen MR) is 106 cm³/mol. The Hall–Kier alpha value is -2.49. The zero-order valence-electron chi connectivity index (χ0n) is 16.9. The maximum atomic E-state index is 12.8. The van der Waals surface area contributed by atoms with Crippen LogP contribution >= 0.6 is 11.6 Å². The molecule has 3 rings (SSSR count). The number of alkyl halides is 3. The number of rotatable bonds is 4. The summed E-state index contributed by atoms with van der Waals surface area (Å²) in [6.45, 7) is 7.26. The Kier molecular flexibility index (Phi) is 6.44. The van der Waals surface area contributed by atoms with Gasteiger partial charge in [-0.15, -0.1) is 0 Å². The van der Waals surface area contributed by atoms with Crippen LogP contribution in [0.25, 0.3) is 0 Å². The lowest BCUT2D eigenvalue weighted by Crippen LogP contribution is -2.53. The number of amides is 2. The first kappa shape index (κ1) is 22.2. The van der Waals surface area contributed by atoms with Gasteiger partial charge in [-0.05, 0) is 33.3 Å². The number of nitrogens with zero attached hydrogens (tertiary/aromatic N) is 4. The van der Waals surface area contributed by atoms with Crippen LogP contribution in [0.1, 0.15) is 29.5 Å². The maximum absolute atomic E-state index is 12.8. The molecule has 1 N–H and O–H groups in total. The Morgan fingerprint density at radius 2 is 1.97 bits per heavy atom. The van der Waals surface area contributed by atoms with E-state index in [-0.39, 0.29) is 22.9 Å². The number of anilines is 1. The van der Waals surface area contributed by atoms with E-state index >= 15 is 0 Å². The fourth-order valence-corrected chi connectivity index (χ4v) is 3.68. The number of aryl methyl sites for hydroxylation is 2. The highest BCUT2D eigenvalue weighted by atomic mass is 35.5. The van der Waals surface area contributed by atoms with Gasteiger partial charge in [0.15, 0.2) is 0 Å². The van der Waals surface area contributed by atoms with Crippen molar-refractivity contribution in [2.24, 2.45) is 0 Å². The molecule has 164 valence electrons. The molecule has 3 heterocycles. The summed E-state index contributed by atoms with van der Waals surface area (Å²) in [5.74, 6) is 1.03. The van der Waals surface area contributed by atoms with Gasteiger partial charge in [0.1, 0.15) is 11.6 Å². The van der Waals surface area contributed by atoms with Crippen LogP contribution < -0.4 is 10.2 Å². The summed E-state index contributed by atoms with van der Waals surface area (Å²) in [4.78, 5) is 19.9. The average molecular weight is 446 g/mol. The van der Waals surface area contributed by atoms with Gasteiger partial charge in [-0.25, -0.2) is 9.78 Å². The van der Waals surface area contributed by atoms with Gasteiger partial charge >= 0.3 is 12.2 Å². The van der Waals surface area contributed by atoms with Crippen LogP contribution in [0, 0.1) is 13.8 Å². The minimum Gasteiger partial charge on any atom is -0.361 e. The van der Waals surface area contributed by atoms with E-state index in [0.717, 1.165) is 29.3 Å². The maximum Gasteiger partial charge on any atom is 0.417 e. The number of pyridine rings is 1. The van der Waals surface area contributed by atoms with Crippen molar-refractivity contribution >= 4 is 23.4 Å². The van der Waals surface area contributed by atoms with Gasteiger partial charge in [-0.2, -0.15) is 13.2 Å². The smallest absolute Gasteiger partial charge is 0.361 e. The van der Waals surface area contributed by atoms with Crippen molar-refractivity contribution in [3.63, 3.8) is 0 Å². The molecular formula is C19H23ClF3N5O2. The molecule has 0 saturated carbocycles. The fraction of sp³-hybridized carbons (Fsp3) is 0.526. The molecule has 0 aromatic carbocycles. The number of piperazine rings is 1. The van der Waals surface area contributed by atoms with E-state index in [2.05, 4.69) is 15.5 Å². The summed E-state index contributed by atoms with van der Waals surface area (Å²) < 4.78 is 43.5. The molecule has 0 bridgehead atoms. The van der Waals surface area contributed by atoms with Gasteiger partial charge in [0.05, 0.1) is 16.3 Å². The molecule has 2 amide bonds. The lowest BCUT2D eigenvalue weighted by atomic mass is 10.1. The van der Waals surface area contributed by atoms with Crippen molar-refractivity contribution in [2.75, 3.05) is 31.1 Å². The number of carbonyl (C=O) groups is 1. The van der Waals surface area contributed by atoms with Crippen molar-refractivity contribution in [1.82, 2.24) is 20.4 Å². The zero-order chi connectivity index (χ0) is 22.1. The van der Waals surface area contributed by atoms with Crippen LogP contribution in [-0.2, 0) is 12.6 Å². The second-order valence-corrected chi connectivity index (χ2v) is 7.77. The first-order valence-electron chi connectivity index (χ1n) is 9.51. The summed E-state index contributed by atoms with van der Waals surface area (Å²) in [5, 5.41) is 6.82.